The van der Waals surface area contributed by atoms with Crippen LogP contribution in [0.15, 0.2) is 17.3 Å². The number of carbonyl (C=O) groups is 1. The van der Waals surface area contributed by atoms with Gasteiger partial charge in [-0.2, -0.15) is 5.10 Å². The molecule has 1 atom stereocenters. The molecule has 1 aromatic heterocycles. The summed E-state index contributed by atoms with van der Waals surface area (Å²) in [4.78, 5) is 11.9. The van der Waals surface area contributed by atoms with Gasteiger partial charge in [0.05, 0.1) is 6.20 Å². The first kappa shape index (κ1) is 12.1. The lowest BCUT2D eigenvalue weighted by Crippen LogP contribution is -2.18. The Hall–Kier alpha value is -0.970. The third-order valence-corrected chi connectivity index (χ3v) is 3.08. The van der Waals surface area contributed by atoms with Crippen LogP contribution in [0.2, 0.25) is 0 Å². The van der Waals surface area contributed by atoms with Crippen molar-refractivity contribution in [3.63, 3.8) is 0 Å². The van der Waals surface area contributed by atoms with Crippen LogP contribution in [0.25, 0.3) is 0 Å². The highest BCUT2D eigenvalue weighted by Crippen LogP contribution is 2.27. The van der Waals surface area contributed by atoms with Gasteiger partial charge in [0.1, 0.15) is 5.25 Å². The molecule has 0 saturated heterocycles. The Balaban J connectivity index is 2.62. The Labute approximate surface area is 93.7 Å². The molecule has 84 valence electrons. The Morgan fingerprint density at radius 3 is 2.73 bits per heavy atom. The lowest BCUT2D eigenvalue weighted by molar-refractivity contribution is -0.136. The van der Waals surface area contributed by atoms with E-state index < -0.39 is 5.97 Å². The van der Waals surface area contributed by atoms with Gasteiger partial charge in [-0.05, 0) is 12.3 Å². The second-order valence-electron chi connectivity index (χ2n) is 3.92. The molecule has 1 heterocycles. The molecular formula is C10H16N2O2S. The van der Waals surface area contributed by atoms with E-state index in [1.54, 1.807) is 10.9 Å². The number of aryl methyl sites for hydroxylation is 1. The van der Waals surface area contributed by atoms with Crippen molar-refractivity contribution in [3.05, 3.63) is 12.4 Å². The first-order valence-electron chi connectivity index (χ1n) is 4.87. The average molecular weight is 228 g/mol. The van der Waals surface area contributed by atoms with E-state index in [0.29, 0.717) is 12.3 Å². The van der Waals surface area contributed by atoms with Gasteiger partial charge in [0.25, 0.3) is 0 Å². The van der Waals surface area contributed by atoms with Crippen LogP contribution in [0.5, 0.6) is 0 Å². The molecule has 4 nitrogen and oxygen atoms in total. The lowest BCUT2D eigenvalue weighted by Gasteiger charge is -2.12. The van der Waals surface area contributed by atoms with E-state index in [-0.39, 0.29) is 5.25 Å². The molecule has 0 aliphatic carbocycles. The van der Waals surface area contributed by atoms with E-state index in [1.165, 1.54) is 11.8 Å². The number of thioether (sulfide) groups is 1. The number of carboxylic acid groups (broad SMARTS) is 1. The van der Waals surface area contributed by atoms with Crippen molar-refractivity contribution in [3.8, 4) is 0 Å². The van der Waals surface area contributed by atoms with Gasteiger partial charge in [0.15, 0.2) is 0 Å². The summed E-state index contributed by atoms with van der Waals surface area (Å²) in [6, 6.07) is 0. The lowest BCUT2D eigenvalue weighted by atomic mass is 10.1. The predicted molar refractivity (Wildman–Crippen MR) is 59.9 cm³/mol. The van der Waals surface area contributed by atoms with E-state index >= 15 is 0 Å². The topological polar surface area (TPSA) is 55.1 Å². The third-order valence-electron chi connectivity index (χ3n) is 1.92. The van der Waals surface area contributed by atoms with Crippen LogP contribution >= 0.6 is 11.8 Å². The molecule has 1 N–H and O–H groups in total. The Morgan fingerprint density at radius 2 is 2.33 bits per heavy atom. The number of rotatable bonds is 5. The molecule has 0 amide bonds. The zero-order chi connectivity index (χ0) is 11.4. The second kappa shape index (κ2) is 5.21. The number of nitrogens with zero attached hydrogens (tertiary/aromatic N) is 2. The first-order chi connectivity index (χ1) is 6.99. The number of hydrogen-bond acceptors (Lipinski definition) is 3. The maximum Gasteiger partial charge on any atom is 0.316 e. The standard InChI is InChI=1S/C10H16N2O2S/c1-7(2)4-9(10(13)14)15-8-5-11-12(3)6-8/h5-7,9H,4H2,1-3H3,(H,13,14)/t9-/m0/s1. The molecule has 0 aliphatic rings. The van der Waals surface area contributed by atoms with Crippen LogP contribution < -0.4 is 0 Å². The number of aromatic nitrogens is 2. The molecule has 0 saturated carbocycles. The molecule has 1 rings (SSSR count). The van der Waals surface area contributed by atoms with Gasteiger partial charge in [-0.1, -0.05) is 13.8 Å². The summed E-state index contributed by atoms with van der Waals surface area (Å²) in [5, 5.41) is 12.7. The summed E-state index contributed by atoms with van der Waals surface area (Å²) in [6.07, 6.45) is 4.21. The highest BCUT2D eigenvalue weighted by atomic mass is 32.2. The predicted octanol–water partition coefficient (Wildman–Crippen LogP) is 2.01. The largest absolute Gasteiger partial charge is 0.480 e. The smallest absolute Gasteiger partial charge is 0.316 e. The van der Waals surface area contributed by atoms with Crippen molar-refractivity contribution in [2.24, 2.45) is 13.0 Å². The maximum absolute atomic E-state index is 11.0. The summed E-state index contributed by atoms with van der Waals surface area (Å²) in [5.74, 6) is -0.368. The van der Waals surface area contributed by atoms with Crippen LogP contribution in [-0.4, -0.2) is 26.1 Å². The van der Waals surface area contributed by atoms with Gasteiger partial charge in [0.2, 0.25) is 0 Å². The molecule has 0 aliphatic heterocycles. The van der Waals surface area contributed by atoms with E-state index in [0.717, 1.165) is 4.90 Å². The van der Waals surface area contributed by atoms with Gasteiger partial charge >= 0.3 is 5.97 Å². The summed E-state index contributed by atoms with van der Waals surface area (Å²) < 4.78 is 1.68. The molecule has 0 spiro atoms. The minimum Gasteiger partial charge on any atom is -0.480 e. The molecule has 1 aromatic rings. The number of aliphatic carboxylic acids is 1. The SMILES string of the molecule is CC(C)C[C@H](Sc1cnn(C)c1)C(=O)O. The van der Waals surface area contributed by atoms with Crippen molar-refractivity contribution < 1.29 is 9.90 Å². The zero-order valence-electron chi connectivity index (χ0n) is 9.17. The molecule has 5 heteroatoms. The van der Waals surface area contributed by atoms with Gasteiger partial charge in [0, 0.05) is 18.1 Å². The highest BCUT2D eigenvalue weighted by molar-refractivity contribution is 8.00. The number of hydrogen-bond donors (Lipinski definition) is 1. The Morgan fingerprint density at radius 1 is 1.67 bits per heavy atom. The van der Waals surface area contributed by atoms with Crippen LogP contribution in [0, 0.1) is 5.92 Å². The van der Waals surface area contributed by atoms with E-state index in [1.807, 2.05) is 27.1 Å². The minimum absolute atomic E-state index is 0.380. The molecule has 15 heavy (non-hydrogen) atoms. The second-order valence-corrected chi connectivity index (χ2v) is 5.20. The average Bonchev–Trinajstić information content (AvgIpc) is 2.49. The molecular weight excluding hydrogens is 212 g/mol. The van der Waals surface area contributed by atoms with Gasteiger partial charge in [-0.15, -0.1) is 11.8 Å². The molecule has 0 bridgehead atoms. The van der Waals surface area contributed by atoms with E-state index in [9.17, 15) is 4.79 Å². The van der Waals surface area contributed by atoms with Crippen LogP contribution in [0.1, 0.15) is 20.3 Å². The van der Waals surface area contributed by atoms with Crippen molar-refractivity contribution in [1.82, 2.24) is 9.78 Å². The highest BCUT2D eigenvalue weighted by Gasteiger charge is 2.20. The molecule has 0 aromatic carbocycles. The summed E-state index contributed by atoms with van der Waals surface area (Å²) in [6.45, 7) is 4.06. The molecule has 0 unspecified atom stereocenters. The van der Waals surface area contributed by atoms with Gasteiger partial charge in [-0.3, -0.25) is 9.48 Å². The fourth-order valence-corrected chi connectivity index (χ4v) is 2.48. The van der Waals surface area contributed by atoms with Gasteiger partial charge < -0.3 is 5.11 Å². The van der Waals surface area contributed by atoms with E-state index in [4.69, 9.17) is 5.11 Å². The van der Waals surface area contributed by atoms with Crippen LogP contribution in [0.4, 0.5) is 0 Å². The normalized spacial score (nSPS) is 13.1. The fraction of sp³-hybridized carbons (Fsp3) is 0.600. The quantitative estimate of drug-likeness (QED) is 0.783. The summed E-state index contributed by atoms with van der Waals surface area (Å²) in [7, 11) is 1.82. The maximum atomic E-state index is 11.0. The fourth-order valence-electron chi connectivity index (χ4n) is 1.25. The van der Waals surface area contributed by atoms with Gasteiger partial charge in [-0.25, -0.2) is 0 Å². The summed E-state index contributed by atoms with van der Waals surface area (Å²) >= 11 is 1.36. The van der Waals surface area contributed by atoms with Crippen molar-refractivity contribution in [1.29, 1.82) is 0 Å². The summed E-state index contributed by atoms with van der Waals surface area (Å²) in [5.41, 5.74) is 0. The van der Waals surface area contributed by atoms with Crippen LogP contribution in [0.3, 0.4) is 0 Å². The van der Waals surface area contributed by atoms with E-state index in [2.05, 4.69) is 5.10 Å². The molecule has 0 fully saturated rings. The van der Waals surface area contributed by atoms with Crippen LogP contribution in [-0.2, 0) is 11.8 Å². The van der Waals surface area contributed by atoms with Crippen molar-refractivity contribution in [2.45, 2.75) is 30.4 Å². The zero-order valence-corrected chi connectivity index (χ0v) is 9.99. The molecule has 0 radical (unpaired) electrons. The Bertz CT molecular complexity index is 336. The monoisotopic (exact) mass is 228 g/mol. The van der Waals surface area contributed by atoms with Crippen molar-refractivity contribution in [2.75, 3.05) is 0 Å². The Kier molecular flexibility index (Phi) is 4.20. The van der Waals surface area contributed by atoms with Crippen molar-refractivity contribution >= 4 is 17.7 Å². The third kappa shape index (κ3) is 3.95. The minimum atomic E-state index is -0.752. The number of carboxylic acids is 1. The first-order valence-corrected chi connectivity index (χ1v) is 5.75.